The summed E-state index contributed by atoms with van der Waals surface area (Å²) >= 11 is 0. The van der Waals surface area contributed by atoms with Crippen LogP contribution in [0.5, 0.6) is 5.75 Å². The van der Waals surface area contributed by atoms with Gasteiger partial charge in [0.1, 0.15) is 16.9 Å². The van der Waals surface area contributed by atoms with Crippen molar-refractivity contribution in [2.24, 2.45) is 0 Å². The van der Waals surface area contributed by atoms with E-state index in [0.29, 0.717) is 19.6 Å². The molecular weight excluding hydrogens is 364 g/mol. The van der Waals surface area contributed by atoms with Crippen LogP contribution in [0.25, 0.3) is 10.9 Å². The maximum atomic E-state index is 13.2. The molecule has 0 fully saturated rings. The van der Waals surface area contributed by atoms with E-state index in [0.717, 1.165) is 60.9 Å². The molecule has 29 heavy (non-hydrogen) atoms. The number of nitrogens with one attached hydrogen (secondary N) is 1. The zero-order valence-electron chi connectivity index (χ0n) is 18.4. The third-order valence-corrected chi connectivity index (χ3v) is 5.10. The minimum absolute atomic E-state index is 0.105. The summed E-state index contributed by atoms with van der Waals surface area (Å²) in [6, 6.07) is 7.63. The summed E-state index contributed by atoms with van der Waals surface area (Å²) in [4.78, 5) is 17.7. The second-order valence-corrected chi connectivity index (χ2v) is 7.70. The maximum absolute atomic E-state index is 13.2. The average molecular weight is 401 g/mol. The van der Waals surface area contributed by atoms with E-state index in [1.807, 2.05) is 31.2 Å². The fourth-order valence-electron chi connectivity index (χ4n) is 3.24. The minimum atomic E-state index is -0.837. The molecule has 0 bridgehead atoms. The Hall–Kier alpha value is -2.14. The molecule has 0 aliphatic heterocycles. The lowest BCUT2D eigenvalue weighted by atomic mass is 9.96. The van der Waals surface area contributed by atoms with Crippen molar-refractivity contribution in [1.29, 1.82) is 0 Å². The van der Waals surface area contributed by atoms with Crippen molar-refractivity contribution in [2.45, 2.75) is 78.2 Å². The lowest BCUT2D eigenvalue weighted by Crippen LogP contribution is -2.43. The van der Waals surface area contributed by atoms with E-state index in [2.05, 4.69) is 31.1 Å². The number of amides is 1. The van der Waals surface area contributed by atoms with Gasteiger partial charge in [-0.25, -0.2) is 0 Å². The fourth-order valence-corrected chi connectivity index (χ4v) is 3.24. The zero-order valence-corrected chi connectivity index (χ0v) is 18.4. The lowest BCUT2D eigenvalue weighted by molar-refractivity contribution is -0.140. The van der Waals surface area contributed by atoms with Gasteiger partial charge in [0, 0.05) is 18.2 Å². The van der Waals surface area contributed by atoms with Crippen molar-refractivity contribution in [2.75, 3.05) is 18.5 Å². The van der Waals surface area contributed by atoms with Crippen molar-refractivity contribution in [3.8, 4) is 5.75 Å². The fraction of sp³-hybridized carbons (Fsp3) is 0.583. The molecule has 2 aromatic rings. The standard InChI is InChI=1S/C24H36N2O3/c1-5-8-10-15-24(4,29-17-7-3)23(27)26-20-13-14-21(28-18-9-6-2)22-19(20)12-11-16-25-22/h11-14,16H,5-10,15,17-18H2,1-4H3,(H,26,27). The molecular formula is C24H36N2O3. The van der Waals surface area contributed by atoms with Crippen LogP contribution in [0.2, 0.25) is 0 Å². The van der Waals surface area contributed by atoms with Crippen molar-refractivity contribution in [3.63, 3.8) is 0 Å². The second-order valence-electron chi connectivity index (χ2n) is 7.70. The van der Waals surface area contributed by atoms with Gasteiger partial charge in [0.15, 0.2) is 0 Å². The van der Waals surface area contributed by atoms with Crippen molar-refractivity contribution in [3.05, 3.63) is 30.5 Å². The van der Waals surface area contributed by atoms with Crippen LogP contribution in [-0.2, 0) is 9.53 Å². The SMILES string of the molecule is CCCCCC(C)(OCCC)C(=O)Nc1ccc(OCCCC)c2ncccc12. The first-order chi connectivity index (χ1) is 14.1. The van der Waals surface area contributed by atoms with E-state index in [1.165, 1.54) is 0 Å². The number of carbonyl (C=O) groups excluding carboxylic acids is 1. The third-order valence-electron chi connectivity index (χ3n) is 5.10. The number of unbranched alkanes of at least 4 members (excludes halogenated alkanes) is 3. The number of fused-ring (bicyclic) bond motifs is 1. The number of anilines is 1. The van der Waals surface area contributed by atoms with E-state index in [4.69, 9.17) is 9.47 Å². The Morgan fingerprint density at radius 1 is 1.03 bits per heavy atom. The Kier molecular flexibility index (Phi) is 9.39. The number of aromatic nitrogens is 1. The molecule has 2 rings (SSSR count). The number of nitrogens with zero attached hydrogens (tertiary/aromatic N) is 1. The minimum Gasteiger partial charge on any atom is -0.491 e. The maximum Gasteiger partial charge on any atom is 0.256 e. The van der Waals surface area contributed by atoms with E-state index >= 15 is 0 Å². The van der Waals surface area contributed by atoms with Gasteiger partial charge in [-0.3, -0.25) is 9.78 Å². The van der Waals surface area contributed by atoms with Gasteiger partial charge in [-0.15, -0.1) is 0 Å². The van der Waals surface area contributed by atoms with E-state index in [9.17, 15) is 4.79 Å². The molecule has 1 aromatic carbocycles. The Morgan fingerprint density at radius 3 is 2.55 bits per heavy atom. The van der Waals surface area contributed by atoms with Gasteiger partial charge in [-0.05, 0) is 50.5 Å². The van der Waals surface area contributed by atoms with Crippen LogP contribution >= 0.6 is 0 Å². The Labute approximate surface area is 175 Å². The van der Waals surface area contributed by atoms with Gasteiger partial charge in [0.25, 0.3) is 5.91 Å². The molecule has 0 spiro atoms. The van der Waals surface area contributed by atoms with Gasteiger partial charge in [-0.2, -0.15) is 0 Å². The van der Waals surface area contributed by atoms with Crippen molar-refractivity contribution >= 4 is 22.5 Å². The summed E-state index contributed by atoms with van der Waals surface area (Å²) in [7, 11) is 0. The molecule has 0 saturated heterocycles. The smallest absolute Gasteiger partial charge is 0.256 e. The highest BCUT2D eigenvalue weighted by atomic mass is 16.5. The number of hydrogen-bond acceptors (Lipinski definition) is 4. The molecule has 1 atom stereocenters. The highest BCUT2D eigenvalue weighted by Gasteiger charge is 2.34. The number of pyridine rings is 1. The molecule has 1 heterocycles. The Balaban J connectivity index is 2.24. The van der Waals surface area contributed by atoms with E-state index in [-0.39, 0.29) is 5.91 Å². The summed E-state index contributed by atoms with van der Waals surface area (Å²) < 4.78 is 11.9. The lowest BCUT2D eigenvalue weighted by Gasteiger charge is -2.29. The van der Waals surface area contributed by atoms with Crippen LogP contribution in [0.4, 0.5) is 5.69 Å². The Morgan fingerprint density at radius 2 is 1.83 bits per heavy atom. The zero-order chi connectivity index (χ0) is 21.1. The molecule has 160 valence electrons. The normalized spacial score (nSPS) is 13.2. The summed E-state index contributed by atoms with van der Waals surface area (Å²) in [6.45, 7) is 9.48. The van der Waals surface area contributed by atoms with Crippen molar-refractivity contribution < 1.29 is 14.3 Å². The first-order valence-corrected chi connectivity index (χ1v) is 11.0. The van der Waals surface area contributed by atoms with Crippen LogP contribution < -0.4 is 10.1 Å². The van der Waals surface area contributed by atoms with Gasteiger partial charge in [0.2, 0.25) is 0 Å². The number of hydrogen-bond donors (Lipinski definition) is 1. The summed E-state index contributed by atoms with van der Waals surface area (Å²) in [5.41, 5.74) is 0.669. The van der Waals surface area contributed by atoms with Gasteiger partial charge in [-0.1, -0.05) is 46.5 Å². The largest absolute Gasteiger partial charge is 0.491 e. The molecule has 0 aliphatic rings. The number of benzene rings is 1. The van der Waals surface area contributed by atoms with Crippen LogP contribution in [0.15, 0.2) is 30.5 Å². The summed E-state index contributed by atoms with van der Waals surface area (Å²) in [5.74, 6) is 0.645. The first-order valence-electron chi connectivity index (χ1n) is 11.0. The molecule has 5 heteroatoms. The number of ether oxygens (including phenoxy) is 2. The number of carbonyl (C=O) groups is 1. The van der Waals surface area contributed by atoms with Crippen LogP contribution in [0.3, 0.4) is 0 Å². The topological polar surface area (TPSA) is 60.5 Å². The summed E-state index contributed by atoms with van der Waals surface area (Å²) in [5, 5.41) is 3.97. The van der Waals surface area contributed by atoms with E-state index in [1.54, 1.807) is 6.20 Å². The predicted octanol–water partition coefficient (Wildman–Crippen LogP) is 6.12. The van der Waals surface area contributed by atoms with Gasteiger partial charge >= 0.3 is 0 Å². The second kappa shape index (κ2) is 11.8. The highest BCUT2D eigenvalue weighted by Crippen LogP contribution is 2.31. The van der Waals surface area contributed by atoms with Crippen LogP contribution in [-0.4, -0.2) is 29.7 Å². The molecule has 0 radical (unpaired) electrons. The van der Waals surface area contributed by atoms with Crippen molar-refractivity contribution in [1.82, 2.24) is 4.98 Å². The van der Waals surface area contributed by atoms with Gasteiger partial charge in [0.05, 0.1) is 12.3 Å². The van der Waals surface area contributed by atoms with E-state index < -0.39 is 5.60 Å². The average Bonchev–Trinajstić information content (AvgIpc) is 2.74. The van der Waals surface area contributed by atoms with Crippen LogP contribution in [0, 0.1) is 0 Å². The monoisotopic (exact) mass is 400 g/mol. The third kappa shape index (κ3) is 6.43. The Bertz CT molecular complexity index is 778. The first kappa shape index (κ1) is 23.1. The molecule has 0 aliphatic carbocycles. The molecule has 0 saturated carbocycles. The molecule has 1 unspecified atom stereocenters. The molecule has 1 N–H and O–H groups in total. The predicted molar refractivity (Wildman–Crippen MR) is 120 cm³/mol. The van der Waals surface area contributed by atoms with Gasteiger partial charge < -0.3 is 14.8 Å². The number of rotatable bonds is 13. The van der Waals surface area contributed by atoms with Crippen LogP contribution in [0.1, 0.15) is 72.6 Å². The highest BCUT2D eigenvalue weighted by molar-refractivity contribution is 6.05. The molecule has 1 aromatic heterocycles. The summed E-state index contributed by atoms with van der Waals surface area (Å²) in [6.07, 6.45) is 8.59. The molecule has 5 nitrogen and oxygen atoms in total. The molecule has 1 amide bonds. The quantitative estimate of drug-likeness (QED) is 0.412.